The highest BCUT2D eigenvalue weighted by molar-refractivity contribution is 5.81. The second-order valence-electron chi connectivity index (χ2n) is 9.85. The van der Waals surface area contributed by atoms with Gasteiger partial charge in [0.15, 0.2) is 5.65 Å². The summed E-state index contributed by atoms with van der Waals surface area (Å²) in [6, 6.07) is 13.8. The van der Waals surface area contributed by atoms with E-state index in [0.29, 0.717) is 37.0 Å². The summed E-state index contributed by atoms with van der Waals surface area (Å²) in [6.45, 7) is 1.11. The van der Waals surface area contributed by atoms with Crippen molar-refractivity contribution in [3.8, 4) is 16.8 Å². The summed E-state index contributed by atoms with van der Waals surface area (Å²) in [5, 5.41) is 15.9. The average Bonchev–Trinajstić information content (AvgIpc) is 3.65. The van der Waals surface area contributed by atoms with Gasteiger partial charge in [-0.05, 0) is 61.1 Å². The van der Waals surface area contributed by atoms with Gasteiger partial charge in [0, 0.05) is 19.0 Å². The number of carbonyl (C=O) groups excluding carboxylic acids is 1. The van der Waals surface area contributed by atoms with Crippen LogP contribution in [0.5, 0.6) is 0 Å². The van der Waals surface area contributed by atoms with Crippen molar-refractivity contribution in [2.24, 2.45) is 5.92 Å². The van der Waals surface area contributed by atoms with Gasteiger partial charge in [-0.25, -0.2) is 14.1 Å². The van der Waals surface area contributed by atoms with Crippen molar-refractivity contribution in [2.75, 3.05) is 13.1 Å². The van der Waals surface area contributed by atoms with Gasteiger partial charge >= 0.3 is 0 Å². The highest BCUT2D eigenvalue weighted by atomic mass is 19.1. The van der Waals surface area contributed by atoms with Crippen molar-refractivity contribution in [2.45, 2.75) is 37.8 Å². The number of benzene rings is 2. The van der Waals surface area contributed by atoms with Crippen LogP contribution < -0.4 is 5.56 Å². The number of aromatic nitrogens is 4. The number of rotatable bonds is 5. The van der Waals surface area contributed by atoms with E-state index in [-0.39, 0.29) is 29.7 Å². The normalized spacial score (nSPS) is 17.4. The topological polar surface area (TPSA) is 93.2 Å². The Balaban J connectivity index is 1.24. The second kappa shape index (κ2) is 8.67. The zero-order chi connectivity index (χ0) is 24.9. The molecular formula is C27H26FN5O3. The van der Waals surface area contributed by atoms with Gasteiger partial charge in [-0.15, -0.1) is 0 Å². The molecule has 2 aromatic heterocycles. The number of likely N-dealkylation sites (tertiary alicyclic amines) is 1. The number of piperidine rings is 1. The lowest BCUT2D eigenvalue weighted by Gasteiger charge is -2.38. The van der Waals surface area contributed by atoms with Gasteiger partial charge < -0.3 is 10.0 Å². The van der Waals surface area contributed by atoms with Crippen LogP contribution in [-0.2, 0) is 11.3 Å². The number of amides is 1. The molecule has 2 aliphatic rings. The Morgan fingerprint density at radius 3 is 2.56 bits per heavy atom. The molecule has 1 aliphatic carbocycles. The van der Waals surface area contributed by atoms with Gasteiger partial charge in [0.2, 0.25) is 5.91 Å². The quantitative estimate of drug-likeness (QED) is 0.467. The molecule has 1 N–H and O–H groups in total. The molecule has 8 nitrogen and oxygen atoms in total. The molecule has 2 aromatic carbocycles. The van der Waals surface area contributed by atoms with Crippen LogP contribution in [0.2, 0.25) is 0 Å². The van der Waals surface area contributed by atoms with Crippen LogP contribution in [0.25, 0.3) is 27.8 Å². The van der Waals surface area contributed by atoms with Gasteiger partial charge in [-0.2, -0.15) is 5.10 Å². The van der Waals surface area contributed by atoms with E-state index in [9.17, 15) is 19.1 Å². The van der Waals surface area contributed by atoms with E-state index < -0.39 is 5.60 Å². The molecule has 1 saturated heterocycles. The molecule has 0 unspecified atom stereocenters. The molecule has 0 atom stereocenters. The fraction of sp³-hybridized carbons (Fsp3) is 0.333. The molecule has 0 bridgehead atoms. The lowest BCUT2D eigenvalue weighted by molar-refractivity contribution is -0.137. The monoisotopic (exact) mass is 487 g/mol. The fourth-order valence-corrected chi connectivity index (χ4v) is 4.92. The number of nitrogens with zero attached hydrogens (tertiary/aromatic N) is 5. The number of aliphatic hydroxyl groups is 1. The van der Waals surface area contributed by atoms with Crippen LogP contribution in [0.1, 0.15) is 25.7 Å². The number of hydrogen-bond donors (Lipinski definition) is 1. The smallest absolute Gasteiger partial charge is 0.264 e. The van der Waals surface area contributed by atoms with Gasteiger partial charge in [0.1, 0.15) is 17.5 Å². The molecule has 184 valence electrons. The first-order valence-electron chi connectivity index (χ1n) is 12.2. The molecule has 9 heteroatoms. The van der Waals surface area contributed by atoms with Crippen molar-refractivity contribution < 1.29 is 14.3 Å². The Labute approximate surface area is 206 Å². The van der Waals surface area contributed by atoms with E-state index in [1.54, 1.807) is 16.8 Å². The summed E-state index contributed by atoms with van der Waals surface area (Å²) < 4.78 is 16.4. The van der Waals surface area contributed by atoms with E-state index in [1.165, 1.54) is 29.2 Å². The average molecular weight is 488 g/mol. The van der Waals surface area contributed by atoms with Crippen molar-refractivity contribution in [1.82, 2.24) is 24.2 Å². The largest absolute Gasteiger partial charge is 0.388 e. The minimum atomic E-state index is -1.07. The third kappa shape index (κ3) is 4.19. The predicted molar refractivity (Wildman–Crippen MR) is 132 cm³/mol. The van der Waals surface area contributed by atoms with E-state index in [2.05, 4.69) is 10.1 Å². The van der Waals surface area contributed by atoms with E-state index in [4.69, 9.17) is 0 Å². The Morgan fingerprint density at radius 1 is 1.08 bits per heavy atom. The number of fused-ring (bicyclic) bond motifs is 1. The first kappa shape index (κ1) is 22.6. The zero-order valence-electron chi connectivity index (χ0n) is 19.7. The fourth-order valence-electron chi connectivity index (χ4n) is 4.92. The molecule has 1 saturated carbocycles. The molecule has 2 fully saturated rings. The van der Waals surface area contributed by atoms with E-state index in [0.717, 1.165) is 29.7 Å². The molecule has 1 aliphatic heterocycles. The van der Waals surface area contributed by atoms with Crippen LogP contribution in [0.4, 0.5) is 4.39 Å². The van der Waals surface area contributed by atoms with E-state index >= 15 is 0 Å². The zero-order valence-corrected chi connectivity index (χ0v) is 19.7. The van der Waals surface area contributed by atoms with Crippen LogP contribution in [0.15, 0.2) is 65.8 Å². The molecule has 0 spiro atoms. The maximum atomic E-state index is 13.3. The minimum Gasteiger partial charge on any atom is -0.388 e. The van der Waals surface area contributed by atoms with Crippen LogP contribution in [0.3, 0.4) is 0 Å². The third-order valence-electron chi connectivity index (χ3n) is 7.22. The van der Waals surface area contributed by atoms with Gasteiger partial charge in [0.25, 0.3) is 5.56 Å². The van der Waals surface area contributed by atoms with Crippen molar-refractivity contribution in [3.05, 3.63) is 77.2 Å². The lowest BCUT2D eigenvalue weighted by atomic mass is 9.91. The van der Waals surface area contributed by atoms with Crippen LogP contribution in [0, 0.1) is 11.7 Å². The Morgan fingerprint density at radius 2 is 1.83 bits per heavy atom. The van der Waals surface area contributed by atoms with Crippen LogP contribution in [-0.4, -0.2) is 53.9 Å². The van der Waals surface area contributed by atoms with Crippen LogP contribution >= 0.6 is 0 Å². The summed E-state index contributed by atoms with van der Waals surface area (Å²) in [5.41, 5.74) is 1.55. The number of carbonyl (C=O) groups is 1. The summed E-state index contributed by atoms with van der Waals surface area (Å²) in [4.78, 5) is 31.9. The Bertz CT molecular complexity index is 1500. The van der Waals surface area contributed by atoms with Crippen molar-refractivity contribution >= 4 is 16.9 Å². The van der Waals surface area contributed by atoms with Gasteiger partial charge in [-0.3, -0.25) is 14.2 Å². The van der Waals surface area contributed by atoms with Crippen molar-refractivity contribution in [3.63, 3.8) is 0 Å². The Hall–Kier alpha value is -3.85. The van der Waals surface area contributed by atoms with Gasteiger partial charge in [-0.1, -0.05) is 24.3 Å². The highest BCUT2D eigenvalue weighted by Gasteiger charge is 2.39. The van der Waals surface area contributed by atoms with Crippen molar-refractivity contribution in [1.29, 1.82) is 0 Å². The minimum absolute atomic E-state index is 0.117. The van der Waals surface area contributed by atoms with Gasteiger partial charge in [0.05, 0.1) is 24.0 Å². The maximum absolute atomic E-state index is 13.3. The second-order valence-corrected chi connectivity index (χ2v) is 9.85. The first-order chi connectivity index (χ1) is 17.4. The first-order valence-corrected chi connectivity index (χ1v) is 12.2. The molecule has 4 aromatic rings. The lowest BCUT2D eigenvalue weighted by Crippen LogP contribution is -2.50. The number of hydrogen-bond acceptors (Lipinski definition) is 5. The molecule has 1 amide bonds. The summed E-state index contributed by atoms with van der Waals surface area (Å²) in [7, 11) is 0. The maximum Gasteiger partial charge on any atom is 0.264 e. The third-order valence-corrected chi connectivity index (χ3v) is 7.22. The number of halogens is 1. The summed E-state index contributed by atoms with van der Waals surface area (Å²) in [5.74, 6) is 0.0574. The predicted octanol–water partition coefficient (Wildman–Crippen LogP) is 3.15. The molecule has 36 heavy (non-hydrogen) atoms. The molecule has 0 radical (unpaired) electrons. The van der Waals surface area contributed by atoms with E-state index in [1.807, 2.05) is 29.2 Å². The summed E-state index contributed by atoms with van der Waals surface area (Å²) in [6.07, 6.45) is 5.71. The standard InChI is InChI=1S/C27H26FN5O3/c28-21-8-6-18(7-9-21)20-2-1-3-22(14-20)33-24-23(15-30-33)26(35)32(17-29-24)16-27(36)10-12-31(13-11-27)25(34)19-4-5-19/h1-3,6-9,14-15,17,19,36H,4-5,10-13,16H2. The molecule has 3 heterocycles. The molecular weight excluding hydrogens is 461 g/mol. The Kier molecular flexibility index (Phi) is 5.44. The SMILES string of the molecule is O=C(C1CC1)N1CCC(O)(Cn2cnc3c(cnn3-c3cccc(-c4ccc(F)cc4)c3)c2=O)CC1. The molecule has 6 rings (SSSR count). The highest BCUT2D eigenvalue weighted by Crippen LogP contribution is 2.33. The summed E-state index contributed by atoms with van der Waals surface area (Å²) >= 11 is 0.